The Kier molecular flexibility index (Phi) is 4.06. The number of hydrogen-bond donors (Lipinski definition) is 2. The monoisotopic (exact) mass is 243 g/mol. The number of nitrogens with one attached hydrogen (secondary N) is 1. The molecule has 2 nitrogen and oxygen atoms in total. The van der Waals surface area contributed by atoms with Crippen LogP contribution in [0.1, 0.15) is 44.2 Å². The van der Waals surface area contributed by atoms with Crippen LogP contribution in [0, 0.1) is 12.3 Å². The van der Waals surface area contributed by atoms with Crippen LogP contribution in [0.2, 0.25) is 0 Å². The summed E-state index contributed by atoms with van der Waals surface area (Å²) in [4.78, 5) is 0. The van der Waals surface area contributed by atoms with Gasteiger partial charge in [-0.25, -0.2) is 0 Å². The first-order valence-corrected chi connectivity index (χ1v) is 6.67. The Balaban J connectivity index is 2.06. The van der Waals surface area contributed by atoms with E-state index in [-0.39, 0.29) is 12.1 Å². The number of hydrogen-bond acceptors (Lipinski definition) is 2. The zero-order valence-electron chi connectivity index (χ0n) is 10.9. The molecule has 0 amide bonds. The molecule has 0 radical (unpaired) electrons. The first-order valence-electron chi connectivity index (χ1n) is 6.67. The van der Waals surface area contributed by atoms with E-state index >= 15 is 0 Å². The molecular weight excluding hydrogens is 222 g/mol. The Labute approximate surface area is 109 Å². The lowest BCUT2D eigenvalue weighted by Gasteiger charge is -2.38. The van der Waals surface area contributed by atoms with Crippen LogP contribution >= 0.6 is 0 Å². The standard InChI is InChI=1S/C16H21NO/c1-3-16(18)12-8-7-11-15(16)17-13(2)14-9-5-4-6-10-14/h1,4-6,9-10,13,15,17-18H,7-8,11-12H2,2H3/t13-,15-,16-/m0/s1. The van der Waals surface area contributed by atoms with Gasteiger partial charge in [0.1, 0.15) is 5.60 Å². The van der Waals surface area contributed by atoms with E-state index < -0.39 is 5.60 Å². The van der Waals surface area contributed by atoms with E-state index in [4.69, 9.17) is 6.42 Å². The van der Waals surface area contributed by atoms with Crippen molar-refractivity contribution in [2.75, 3.05) is 0 Å². The lowest BCUT2D eigenvalue weighted by molar-refractivity contribution is 0.0222. The van der Waals surface area contributed by atoms with E-state index in [1.54, 1.807) is 0 Å². The minimum Gasteiger partial charge on any atom is -0.376 e. The normalized spacial score (nSPS) is 29.5. The van der Waals surface area contributed by atoms with Crippen LogP contribution in [-0.4, -0.2) is 16.7 Å². The fraction of sp³-hybridized carbons (Fsp3) is 0.500. The summed E-state index contributed by atoms with van der Waals surface area (Å²) in [7, 11) is 0. The highest BCUT2D eigenvalue weighted by molar-refractivity contribution is 5.20. The van der Waals surface area contributed by atoms with Gasteiger partial charge in [-0.05, 0) is 31.7 Å². The minimum atomic E-state index is -0.985. The van der Waals surface area contributed by atoms with Gasteiger partial charge in [0.2, 0.25) is 0 Å². The molecule has 0 aliphatic heterocycles. The molecule has 1 saturated carbocycles. The van der Waals surface area contributed by atoms with Gasteiger partial charge >= 0.3 is 0 Å². The molecule has 1 fully saturated rings. The van der Waals surface area contributed by atoms with Crippen LogP contribution in [0.4, 0.5) is 0 Å². The van der Waals surface area contributed by atoms with Gasteiger partial charge < -0.3 is 10.4 Å². The van der Waals surface area contributed by atoms with Gasteiger partial charge in [0.25, 0.3) is 0 Å². The molecule has 96 valence electrons. The molecule has 0 spiro atoms. The third-order valence-electron chi connectivity index (χ3n) is 3.88. The maximum atomic E-state index is 10.4. The summed E-state index contributed by atoms with van der Waals surface area (Å²) in [5.41, 5.74) is 0.240. The second-order valence-corrected chi connectivity index (χ2v) is 5.17. The summed E-state index contributed by atoms with van der Waals surface area (Å²) in [6.45, 7) is 2.11. The van der Waals surface area contributed by atoms with Crippen molar-refractivity contribution in [3.05, 3.63) is 35.9 Å². The van der Waals surface area contributed by atoms with Crippen LogP contribution in [0.15, 0.2) is 30.3 Å². The molecule has 18 heavy (non-hydrogen) atoms. The van der Waals surface area contributed by atoms with Crippen molar-refractivity contribution in [1.29, 1.82) is 0 Å². The quantitative estimate of drug-likeness (QED) is 0.800. The van der Waals surface area contributed by atoms with E-state index in [1.165, 1.54) is 5.56 Å². The largest absolute Gasteiger partial charge is 0.376 e. The molecule has 0 unspecified atom stereocenters. The van der Waals surface area contributed by atoms with Crippen molar-refractivity contribution in [3.63, 3.8) is 0 Å². The van der Waals surface area contributed by atoms with Crippen LogP contribution in [0.5, 0.6) is 0 Å². The van der Waals surface area contributed by atoms with E-state index in [1.807, 2.05) is 18.2 Å². The number of aliphatic hydroxyl groups is 1. The van der Waals surface area contributed by atoms with Gasteiger partial charge in [-0.2, -0.15) is 0 Å². The van der Waals surface area contributed by atoms with Crippen molar-refractivity contribution in [2.45, 2.75) is 50.3 Å². The van der Waals surface area contributed by atoms with E-state index in [0.29, 0.717) is 6.42 Å². The van der Waals surface area contributed by atoms with Crippen LogP contribution in [-0.2, 0) is 0 Å². The summed E-state index contributed by atoms with van der Waals surface area (Å²) in [5, 5.41) is 13.9. The minimum absolute atomic E-state index is 0.00791. The topological polar surface area (TPSA) is 32.3 Å². The van der Waals surface area contributed by atoms with E-state index in [9.17, 15) is 5.11 Å². The average molecular weight is 243 g/mol. The van der Waals surface area contributed by atoms with Crippen LogP contribution in [0.3, 0.4) is 0 Å². The molecule has 0 saturated heterocycles. The average Bonchev–Trinajstić information content (AvgIpc) is 2.42. The highest BCUT2D eigenvalue weighted by Gasteiger charge is 2.37. The van der Waals surface area contributed by atoms with Crippen molar-refractivity contribution >= 4 is 0 Å². The second-order valence-electron chi connectivity index (χ2n) is 5.17. The molecule has 2 rings (SSSR count). The summed E-state index contributed by atoms with van der Waals surface area (Å²) < 4.78 is 0. The van der Waals surface area contributed by atoms with Crippen LogP contribution in [0.25, 0.3) is 0 Å². The molecule has 0 bridgehead atoms. The first kappa shape index (κ1) is 13.1. The smallest absolute Gasteiger partial charge is 0.140 e. The molecule has 1 aliphatic rings. The lowest BCUT2D eigenvalue weighted by Crippen LogP contribution is -2.52. The summed E-state index contributed by atoms with van der Waals surface area (Å²) in [6.07, 6.45) is 9.28. The Morgan fingerprint density at radius 2 is 2.11 bits per heavy atom. The van der Waals surface area contributed by atoms with Gasteiger partial charge in [0.05, 0.1) is 0 Å². The summed E-state index contributed by atoms with van der Waals surface area (Å²) >= 11 is 0. The molecular formula is C16H21NO. The van der Waals surface area contributed by atoms with Crippen molar-refractivity contribution < 1.29 is 5.11 Å². The fourth-order valence-electron chi connectivity index (χ4n) is 2.69. The maximum absolute atomic E-state index is 10.4. The first-order chi connectivity index (χ1) is 8.65. The van der Waals surface area contributed by atoms with Gasteiger partial charge in [0.15, 0.2) is 0 Å². The molecule has 3 atom stereocenters. The Morgan fingerprint density at radius 1 is 1.39 bits per heavy atom. The zero-order chi connectivity index (χ0) is 13.0. The van der Waals surface area contributed by atoms with Crippen molar-refractivity contribution in [2.24, 2.45) is 0 Å². The van der Waals surface area contributed by atoms with Crippen LogP contribution < -0.4 is 5.32 Å². The number of benzene rings is 1. The predicted octanol–water partition coefficient (Wildman–Crippen LogP) is 2.64. The van der Waals surface area contributed by atoms with E-state index in [2.05, 4.69) is 30.3 Å². The highest BCUT2D eigenvalue weighted by Crippen LogP contribution is 2.29. The van der Waals surface area contributed by atoms with Crippen molar-refractivity contribution in [3.8, 4) is 12.3 Å². The zero-order valence-corrected chi connectivity index (χ0v) is 10.9. The summed E-state index contributed by atoms with van der Waals surface area (Å²) in [6, 6.07) is 10.4. The molecule has 1 aromatic rings. The summed E-state index contributed by atoms with van der Waals surface area (Å²) in [5.74, 6) is 2.58. The van der Waals surface area contributed by atoms with Crippen molar-refractivity contribution in [1.82, 2.24) is 5.32 Å². The SMILES string of the molecule is C#C[C@]1(O)CCCC[C@@H]1N[C@@H](C)c1ccccc1. The predicted molar refractivity (Wildman–Crippen MR) is 74.0 cm³/mol. The van der Waals surface area contributed by atoms with Gasteiger partial charge in [0, 0.05) is 12.1 Å². The Hall–Kier alpha value is -1.30. The van der Waals surface area contributed by atoms with E-state index in [0.717, 1.165) is 19.3 Å². The lowest BCUT2D eigenvalue weighted by atomic mass is 9.80. The second kappa shape index (κ2) is 5.56. The number of terminal acetylenes is 1. The van der Waals surface area contributed by atoms with Gasteiger partial charge in [-0.1, -0.05) is 42.7 Å². The molecule has 1 aromatic carbocycles. The maximum Gasteiger partial charge on any atom is 0.140 e. The third kappa shape index (κ3) is 2.75. The Morgan fingerprint density at radius 3 is 2.78 bits per heavy atom. The Bertz CT molecular complexity index is 422. The molecule has 0 heterocycles. The number of rotatable bonds is 3. The molecule has 2 heteroatoms. The van der Waals surface area contributed by atoms with Gasteiger partial charge in [-0.3, -0.25) is 0 Å². The van der Waals surface area contributed by atoms with Gasteiger partial charge in [-0.15, -0.1) is 6.42 Å². The molecule has 0 aromatic heterocycles. The molecule has 1 aliphatic carbocycles. The third-order valence-corrected chi connectivity index (χ3v) is 3.88. The molecule has 2 N–H and O–H groups in total. The fourth-order valence-corrected chi connectivity index (χ4v) is 2.69. The highest BCUT2D eigenvalue weighted by atomic mass is 16.3.